The maximum Gasteiger partial charge on any atom is 0.480 e. The van der Waals surface area contributed by atoms with Crippen molar-refractivity contribution >= 4 is 30.3 Å². The molecule has 1 saturated heterocycles. The zero-order chi connectivity index (χ0) is 15.3. The molecule has 0 saturated carbocycles. The van der Waals surface area contributed by atoms with Gasteiger partial charge in [0.2, 0.25) is 0 Å². The van der Waals surface area contributed by atoms with Crippen molar-refractivity contribution in [3.63, 3.8) is 0 Å². The molecule has 2 rings (SSSR count). The van der Waals surface area contributed by atoms with Crippen molar-refractivity contribution in [1.29, 1.82) is 0 Å². The van der Waals surface area contributed by atoms with Gasteiger partial charge in [0.1, 0.15) is 5.82 Å². The van der Waals surface area contributed by atoms with E-state index in [-0.39, 0.29) is 15.6 Å². The van der Waals surface area contributed by atoms with Crippen molar-refractivity contribution < 1.29 is 13.7 Å². The minimum absolute atomic E-state index is 0.0311. The van der Waals surface area contributed by atoms with Crippen LogP contribution in [0.3, 0.4) is 0 Å². The molecule has 0 spiro atoms. The molecular formula is C13H17BCl2FNO2. The summed E-state index contributed by atoms with van der Waals surface area (Å²) in [6.07, 6.45) is 0. The molecule has 0 amide bonds. The molecule has 1 heterocycles. The molecule has 0 radical (unpaired) electrons. The lowest BCUT2D eigenvalue weighted by atomic mass is 9.74. The Bertz CT molecular complexity index is 523. The van der Waals surface area contributed by atoms with E-state index >= 15 is 0 Å². The molecule has 1 aromatic rings. The van der Waals surface area contributed by atoms with Gasteiger partial charge in [-0.25, -0.2) is 4.39 Å². The summed E-state index contributed by atoms with van der Waals surface area (Å²) >= 11 is 11.8. The van der Waals surface area contributed by atoms with Crippen LogP contribution in [0.4, 0.5) is 4.39 Å². The highest BCUT2D eigenvalue weighted by Crippen LogP contribution is 2.41. The van der Waals surface area contributed by atoms with Crippen molar-refractivity contribution in [2.24, 2.45) is 5.73 Å². The lowest BCUT2D eigenvalue weighted by Crippen LogP contribution is -2.41. The summed E-state index contributed by atoms with van der Waals surface area (Å²) in [4.78, 5) is 0. The van der Waals surface area contributed by atoms with Crippen LogP contribution in [0.25, 0.3) is 0 Å². The van der Waals surface area contributed by atoms with Gasteiger partial charge in [0.05, 0.1) is 22.2 Å². The second-order valence-corrected chi connectivity index (χ2v) is 6.72. The number of halogens is 3. The van der Waals surface area contributed by atoms with Gasteiger partial charge in [-0.2, -0.15) is 0 Å². The Balaban J connectivity index is 2.35. The SMILES string of the molecule is CC1(C)OB(C(N)c2c(Cl)ccc(Cl)c2F)OC1(C)C. The van der Waals surface area contributed by atoms with Crippen molar-refractivity contribution in [1.82, 2.24) is 0 Å². The second kappa shape index (κ2) is 5.14. The Morgan fingerprint density at radius 3 is 2.05 bits per heavy atom. The Morgan fingerprint density at radius 2 is 1.55 bits per heavy atom. The van der Waals surface area contributed by atoms with E-state index in [9.17, 15) is 4.39 Å². The van der Waals surface area contributed by atoms with Crippen LogP contribution < -0.4 is 5.73 Å². The molecule has 2 N–H and O–H groups in total. The fourth-order valence-electron chi connectivity index (χ4n) is 2.02. The van der Waals surface area contributed by atoms with Gasteiger partial charge in [-0.05, 0) is 39.8 Å². The average molecular weight is 320 g/mol. The number of hydrogen-bond acceptors (Lipinski definition) is 3. The van der Waals surface area contributed by atoms with E-state index in [2.05, 4.69) is 0 Å². The Morgan fingerprint density at radius 1 is 1.10 bits per heavy atom. The summed E-state index contributed by atoms with van der Waals surface area (Å²) < 4.78 is 25.8. The predicted molar refractivity (Wildman–Crippen MR) is 79.4 cm³/mol. The topological polar surface area (TPSA) is 44.5 Å². The van der Waals surface area contributed by atoms with Gasteiger partial charge in [-0.1, -0.05) is 23.2 Å². The molecule has 1 atom stereocenters. The average Bonchev–Trinajstić information content (AvgIpc) is 2.54. The van der Waals surface area contributed by atoms with Crippen molar-refractivity contribution in [3.8, 4) is 0 Å². The van der Waals surface area contributed by atoms with E-state index in [1.807, 2.05) is 27.7 Å². The summed E-state index contributed by atoms with van der Waals surface area (Å²) in [5.74, 6) is -1.50. The van der Waals surface area contributed by atoms with Crippen LogP contribution in [-0.2, 0) is 9.31 Å². The third-order valence-corrected chi connectivity index (χ3v) is 4.60. The maximum absolute atomic E-state index is 14.1. The zero-order valence-corrected chi connectivity index (χ0v) is 13.3. The smallest absolute Gasteiger partial charge is 0.402 e. The van der Waals surface area contributed by atoms with Crippen LogP contribution >= 0.6 is 23.2 Å². The lowest BCUT2D eigenvalue weighted by molar-refractivity contribution is 0.00578. The van der Waals surface area contributed by atoms with Gasteiger partial charge in [-0.3, -0.25) is 0 Å². The maximum atomic E-state index is 14.1. The Labute approximate surface area is 128 Å². The zero-order valence-electron chi connectivity index (χ0n) is 11.8. The van der Waals surface area contributed by atoms with Crippen LogP contribution in [-0.4, -0.2) is 18.3 Å². The van der Waals surface area contributed by atoms with Gasteiger partial charge in [0.15, 0.2) is 0 Å². The van der Waals surface area contributed by atoms with Crippen LogP contribution in [0.2, 0.25) is 10.0 Å². The molecule has 1 aliphatic rings. The van der Waals surface area contributed by atoms with Crippen molar-refractivity contribution in [2.75, 3.05) is 0 Å². The summed E-state index contributed by atoms with van der Waals surface area (Å²) in [6, 6.07) is 2.90. The minimum atomic E-state index is -0.859. The summed E-state index contributed by atoms with van der Waals surface area (Å²) in [5, 5.41) is 0.172. The van der Waals surface area contributed by atoms with Crippen LogP contribution in [0.15, 0.2) is 12.1 Å². The number of hydrogen-bond donors (Lipinski definition) is 1. The first-order valence-electron chi connectivity index (χ1n) is 6.31. The number of rotatable bonds is 2. The summed E-state index contributed by atoms with van der Waals surface area (Å²) in [5.41, 5.74) is 5.10. The first-order chi connectivity index (χ1) is 9.07. The van der Waals surface area contributed by atoms with Crippen LogP contribution in [0.5, 0.6) is 0 Å². The molecule has 0 aromatic heterocycles. The van der Waals surface area contributed by atoms with Crippen molar-refractivity contribution in [2.45, 2.75) is 44.8 Å². The van der Waals surface area contributed by atoms with E-state index in [1.165, 1.54) is 12.1 Å². The highest BCUT2D eigenvalue weighted by molar-refractivity contribution is 6.48. The molecule has 1 unspecified atom stereocenters. The minimum Gasteiger partial charge on any atom is -0.402 e. The van der Waals surface area contributed by atoms with Gasteiger partial charge in [-0.15, -0.1) is 0 Å². The lowest BCUT2D eigenvalue weighted by Gasteiger charge is -2.32. The summed E-state index contributed by atoms with van der Waals surface area (Å²) in [7, 11) is -0.787. The van der Waals surface area contributed by atoms with Gasteiger partial charge in [0, 0.05) is 10.6 Å². The number of benzene rings is 1. The standard InChI is InChI=1S/C13H17BCl2FNO2/c1-12(2)13(3,4)20-14(19-12)11(18)9-7(15)5-6-8(16)10(9)17/h5-6,11H,18H2,1-4H3. The predicted octanol–water partition coefficient (Wildman–Crippen LogP) is 3.76. The van der Waals surface area contributed by atoms with Gasteiger partial charge >= 0.3 is 7.12 Å². The second-order valence-electron chi connectivity index (χ2n) is 5.91. The molecule has 7 heteroatoms. The molecule has 1 aliphatic heterocycles. The molecule has 110 valence electrons. The third kappa shape index (κ3) is 2.58. The van der Waals surface area contributed by atoms with E-state index in [4.69, 9.17) is 38.2 Å². The Kier molecular flexibility index (Phi) is 4.13. The van der Waals surface area contributed by atoms with E-state index in [0.717, 1.165) is 0 Å². The molecule has 1 fully saturated rings. The van der Waals surface area contributed by atoms with E-state index in [0.29, 0.717) is 0 Å². The largest absolute Gasteiger partial charge is 0.480 e. The molecule has 3 nitrogen and oxygen atoms in total. The Hall–Kier alpha value is -0.325. The highest BCUT2D eigenvalue weighted by Gasteiger charge is 2.54. The van der Waals surface area contributed by atoms with Gasteiger partial charge in [0.25, 0.3) is 0 Å². The van der Waals surface area contributed by atoms with Gasteiger partial charge < -0.3 is 15.0 Å². The number of nitrogens with two attached hydrogens (primary N) is 1. The van der Waals surface area contributed by atoms with Crippen LogP contribution in [0, 0.1) is 5.82 Å². The fourth-order valence-corrected chi connectivity index (χ4v) is 2.46. The summed E-state index contributed by atoms with van der Waals surface area (Å²) in [6.45, 7) is 7.59. The fraction of sp³-hybridized carbons (Fsp3) is 0.538. The monoisotopic (exact) mass is 319 g/mol. The first-order valence-corrected chi connectivity index (χ1v) is 7.07. The van der Waals surface area contributed by atoms with Crippen molar-refractivity contribution in [3.05, 3.63) is 33.6 Å². The molecule has 0 aliphatic carbocycles. The molecule has 0 bridgehead atoms. The quantitative estimate of drug-likeness (QED) is 0.666. The normalized spacial score (nSPS) is 22.1. The molecule has 20 heavy (non-hydrogen) atoms. The molecular weight excluding hydrogens is 303 g/mol. The highest BCUT2D eigenvalue weighted by atomic mass is 35.5. The third-order valence-electron chi connectivity index (χ3n) is 3.98. The van der Waals surface area contributed by atoms with Crippen LogP contribution in [0.1, 0.15) is 39.2 Å². The van der Waals surface area contributed by atoms with E-state index < -0.39 is 30.1 Å². The first kappa shape index (κ1) is 16.1. The molecule has 1 aromatic carbocycles. The van der Waals surface area contributed by atoms with E-state index in [1.54, 1.807) is 0 Å².